The number of carbonyl (C=O) groups is 1. The zero-order chi connectivity index (χ0) is 14.5. The summed E-state index contributed by atoms with van der Waals surface area (Å²) in [4.78, 5) is 10.9. The topological polar surface area (TPSA) is 49.3 Å². The molecule has 0 saturated heterocycles. The van der Waals surface area contributed by atoms with Gasteiger partial charge in [0.05, 0.1) is 10.9 Å². The summed E-state index contributed by atoms with van der Waals surface area (Å²) in [6.45, 7) is 1.51. The molecular weight excluding hydrogens is 281 g/mol. The smallest absolute Gasteiger partial charge is 0.306 e. The minimum Gasteiger partial charge on any atom is -0.481 e. The first-order valence-corrected chi connectivity index (χ1v) is 7.31. The van der Waals surface area contributed by atoms with Gasteiger partial charge in [-0.2, -0.15) is 0 Å². The third-order valence-electron chi connectivity index (χ3n) is 3.94. The van der Waals surface area contributed by atoms with Gasteiger partial charge in [0.25, 0.3) is 0 Å². The van der Waals surface area contributed by atoms with Crippen molar-refractivity contribution in [2.24, 2.45) is 11.8 Å². The van der Waals surface area contributed by atoms with Crippen LogP contribution in [0.25, 0.3) is 0 Å². The van der Waals surface area contributed by atoms with Gasteiger partial charge in [0, 0.05) is 6.54 Å². The summed E-state index contributed by atoms with van der Waals surface area (Å²) in [5, 5.41) is 12.4. The van der Waals surface area contributed by atoms with Gasteiger partial charge in [-0.1, -0.05) is 17.7 Å². The zero-order valence-corrected chi connectivity index (χ0v) is 12.0. The van der Waals surface area contributed by atoms with Crippen LogP contribution in [0.5, 0.6) is 0 Å². The van der Waals surface area contributed by atoms with Crippen LogP contribution in [0.3, 0.4) is 0 Å². The third-order valence-corrected chi connectivity index (χ3v) is 4.23. The molecule has 0 spiro atoms. The number of halogens is 2. The molecule has 1 saturated carbocycles. The number of nitrogens with one attached hydrogen (secondary N) is 1. The van der Waals surface area contributed by atoms with Crippen molar-refractivity contribution in [3.8, 4) is 0 Å². The molecule has 3 nitrogen and oxygen atoms in total. The lowest BCUT2D eigenvalue weighted by molar-refractivity contribution is -0.143. The molecule has 0 aromatic heterocycles. The molecule has 0 unspecified atom stereocenters. The molecule has 1 aromatic rings. The largest absolute Gasteiger partial charge is 0.481 e. The highest BCUT2D eigenvalue weighted by molar-refractivity contribution is 6.30. The minimum absolute atomic E-state index is 0.145. The molecule has 0 bridgehead atoms. The van der Waals surface area contributed by atoms with Crippen molar-refractivity contribution in [1.82, 2.24) is 5.32 Å². The van der Waals surface area contributed by atoms with Crippen LogP contribution in [-0.2, 0) is 11.3 Å². The number of benzene rings is 1. The van der Waals surface area contributed by atoms with Gasteiger partial charge in [-0.3, -0.25) is 4.79 Å². The summed E-state index contributed by atoms with van der Waals surface area (Å²) >= 11 is 5.73. The van der Waals surface area contributed by atoms with Crippen LogP contribution < -0.4 is 5.32 Å². The molecule has 0 amide bonds. The molecule has 2 N–H and O–H groups in total. The summed E-state index contributed by atoms with van der Waals surface area (Å²) in [6.07, 6.45) is 3.44. The summed E-state index contributed by atoms with van der Waals surface area (Å²) in [5.41, 5.74) is 0.954. The van der Waals surface area contributed by atoms with Crippen LogP contribution in [0.4, 0.5) is 4.39 Å². The second-order valence-electron chi connectivity index (χ2n) is 5.44. The van der Waals surface area contributed by atoms with E-state index in [9.17, 15) is 9.18 Å². The summed E-state index contributed by atoms with van der Waals surface area (Å²) < 4.78 is 13.0. The first-order valence-electron chi connectivity index (χ1n) is 6.93. The van der Waals surface area contributed by atoms with Crippen LogP contribution in [0.1, 0.15) is 31.2 Å². The van der Waals surface area contributed by atoms with E-state index in [1.165, 1.54) is 6.07 Å². The maximum Gasteiger partial charge on any atom is 0.306 e. The van der Waals surface area contributed by atoms with E-state index in [1.807, 2.05) is 0 Å². The number of carboxylic acids is 1. The molecular formula is C15H19ClFNO2. The number of aliphatic carboxylic acids is 1. The van der Waals surface area contributed by atoms with Crippen molar-refractivity contribution in [2.45, 2.75) is 32.2 Å². The fourth-order valence-electron chi connectivity index (χ4n) is 2.68. The van der Waals surface area contributed by atoms with E-state index in [4.69, 9.17) is 16.7 Å². The monoisotopic (exact) mass is 299 g/mol. The van der Waals surface area contributed by atoms with Crippen LogP contribution in [-0.4, -0.2) is 17.6 Å². The highest BCUT2D eigenvalue weighted by Gasteiger charge is 2.25. The zero-order valence-electron chi connectivity index (χ0n) is 11.2. The van der Waals surface area contributed by atoms with E-state index in [2.05, 4.69) is 5.32 Å². The number of hydrogen-bond donors (Lipinski definition) is 2. The van der Waals surface area contributed by atoms with Gasteiger partial charge in [0.15, 0.2) is 0 Å². The first kappa shape index (κ1) is 15.3. The Morgan fingerprint density at radius 1 is 1.35 bits per heavy atom. The Hall–Kier alpha value is -1.13. The lowest BCUT2D eigenvalue weighted by atomic mass is 9.82. The van der Waals surface area contributed by atoms with E-state index < -0.39 is 11.8 Å². The van der Waals surface area contributed by atoms with E-state index in [1.54, 1.807) is 12.1 Å². The van der Waals surface area contributed by atoms with Crippen molar-refractivity contribution in [3.63, 3.8) is 0 Å². The molecule has 1 aromatic carbocycles. The molecule has 0 atom stereocenters. The SMILES string of the molecule is O=C(O)C1CCC(CNCc2ccc(F)c(Cl)c2)CC1. The van der Waals surface area contributed by atoms with E-state index in [-0.39, 0.29) is 10.9 Å². The van der Waals surface area contributed by atoms with Gasteiger partial charge in [-0.25, -0.2) is 4.39 Å². The second-order valence-corrected chi connectivity index (χ2v) is 5.84. The third kappa shape index (κ3) is 4.18. The Bertz CT molecular complexity index is 473. The molecule has 0 heterocycles. The molecule has 5 heteroatoms. The maximum absolute atomic E-state index is 13.0. The molecule has 1 aliphatic carbocycles. The quantitative estimate of drug-likeness (QED) is 0.875. The lowest BCUT2D eigenvalue weighted by Gasteiger charge is -2.26. The number of rotatable bonds is 5. The van der Waals surface area contributed by atoms with Gasteiger partial charge in [0.2, 0.25) is 0 Å². The molecule has 0 aliphatic heterocycles. The average Bonchev–Trinajstić information content (AvgIpc) is 2.43. The number of hydrogen-bond acceptors (Lipinski definition) is 2. The van der Waals surface area contributed by atoms with E-state index >= 15 is 0 Å². The number of carboxylic acid groups (broad SMARTS) is 1. The van der Waals surface area contributed by atoms with E-state index in [0.717, 1.165) is 37.8 Å². The first-order chi connectivity index (χ1) is 9.56. The van der Waals surface area contributed by atoms with Gasteiger partial charge < -0.3 is 10.4 Å². The van der Waals surface area contributed by atoms with Crippen molar-refractivity contribution in [1.29, 1.82) is 0 Å². The Kier molecular flexibility index (Phi) is 5.38. The standard InChI is InChI=1S/C15H19ClFNO2/c16-13-7-11(3-6-14(13)17)9-18-8-10-1-4-12(5-2-10)15(19)20/h3,6-7,10,12,18H,1-2,4-5,8-9H2,(H,19,20). The fraction of sp³-hybridized carbons (Fsp3) is 0.533. The Balaban J connectivity index is 1.71. The predicted octanol–water partition coefficient (Wildman–Crippen LogP) is 3.46. The predicted molar refractivity (Wildman–Crippen MR) is 76.2 cm³/mol. The highest BCUT2D eigenvalue weighted by atomic mass is 35.5. The molecule has 1 aliphatic rings. The molecule has 110 valence electrons. The van der Waals surface area contributed by atoms with Gasteiger partial charge >= 0.3 is 5.97 Å². The van der Waals surface area contributed by atoms with E-state index in [0.29, 0.717) is 12.5 Å². The Morgan fingerprint density at radius 3 is 2.65 bits per heavy atom. The molecule has 20 heavy (non-hydrogen) atoms. The highest BCUT2D eigenvalue weighted by Crippen LogP contribution is 2.28. The molecule has 1 fully saturated rings. The fourth-order valence-corrected chi connectivity index (χ4v) is 2.89. The van der Waals surface area contributed by atoms with Gasteiger partial charge in [-0.05, 0) is 55.8 Å². The Labute approximate surface area is 123 Å². The van der Waals surface area contributed by atoms with Gasteiger partial charge in [-0.15, -0.1) is 0 Å². The molecule has 2 rings (SSSR count). The lowest BCUT2D eigenvalue weighted by Crippen LogP contribution is -2.28. The van der Waals surface area contributed by atoms with Crippen LogP contribution in [0, 0.1) is 17.7 Å². The minimum atomic E-state index is -0.669. The normalized spacial score (nSPS) is 22.7. The average molecular weight is 300 g/mol. The Morgan fingerprint density at radius 2 is 2.05 bits per heavy atom. The van der Waals surface area contributed by atoms with Gasteiger partial charge in [0.1, 0.15) is 5.82 Å². The summed E-state index contributed by atoms with van der Waals surface area (Å²) in [6, 6.07) is 4.72. The van der Waals surface area contributed by atoms with Crippen molar-refractivity contribution in [2.75, 3.05) is 6.54 Å². The molecule has 0 radical (unpaired) electrons. The van der Waals surface area contributed by atoms with Crippen molar-refractivity contribution in [3.05, 3.63) is 34.6 Å². The van der Waals surface area contributed by atoms with Crippen LogP contribution >= 0.6 is 11.6 Å². The van der Waals surface area contributed by atoms with Crippen LogP contribution in [0.2, 0.25) is 5.02 Å². The second kappa shape index (κ2) is 7.04. The summed E-state index contributed by atoms with van der Waals surface area (Å²) in [7, 11) is 0. The van der Waals surface area contributed by atoms with Crippen molar-refractivity contribution < 1.29 is 14.3 Å². The van der Waals surface area contributed by atoms with Crippen LogP contribution in [0.15, 0.2) is 18.2 Å². The summed E-state index contributed by atoms with van der Waals surface area (Å²) in [5.74, 6) is -0.705. The maximum atomic E-state index is 13.0. The van der Waals surface area contributed by atoms with Crippen molar-refractivity contribution >= 4 is 17.6 Å².